The van der Waals surface area contributed by atoms with Gasteiger partial charge in [-0.2, -0.15) is 0 Å². The fraction of sp³-hybridized carbons (Fsp3) is 0.231. The molecule has 1 radical (unpaired) electrons. The third-order valence-corrected chi connectivity index (χ3v) is 5.93. The third-order valence-electron chi connectivity index (χ3n) is 5.93. The second-order valence-corrected chi connectivity index (χ2v) is 8.62. The summed E-state index contributed by atoms with van der Waals surface area (Å²) in [5.41, 5.74) is 1.81. The highest BCUT2D eigenvalue weighted by Gasteiger charge is 2.35. The molecule has 0 aromatic heterocycles. The Morgan fingerprint density at radius 1 is 0.759 bits per heavy atom. The maximum Gasteiger partial charge on any atom is 0.330 e. The van der Waals surface area contributed by atoms with E-state index in [1.807, 2.05) is 19.9 Å². The molecule has 0 heterocycles. The van der Waals surface area contributed by atoms with E-state index in [1.54, 1.807) is 21.3 Å². The van der Waals surface area contributed by atoms with Crippen LogP contribution in [0, 0.1) is 0 Å². The van der Waals surface area contributed by atoms with Gasteiger partial charge >= 0.3 is 7.48 Å². The fourth-order valence-corrected chi connectivity index (χ4v) is 3.43. The van der Waals surface area contributed by atoms with Crippen molar-refractivity contribution in [2.45, 2.75) is 38.9 Å². The van der Waals surface area contributed by atoms with E-state index in [0.29, 0.717) is 0 Å². The van der Waals surface area contributed by atoms with Crippen molar-refractivity contribution in [3.8, 4) is 11.1 Å². The summed E-state index contributed by atoms with van der Waals surface area (Å²) in [4.78, 5) is 0. The first-order chi connectivity index (χ1) is 13.8. The van der Waals surface area contributed by atoms with Gasteiger partial charge in [-0.1, -0.05) is 84.3 Å². The van der Waals surface area contributed by atoms with Crippen molar-refractivity contribution in [1.82, 2.24) is 0 Å². The lowest BCUT2D eigenvalue weighted by molar-refractivity contribution is -0.0893. The Bertz CT molecular complexity index is 1160. The molecule has 0 aliphatic rings. The lowest BCUT2D eigenvalue weighted by atomic mass is 9.81. The van der Waals surface area contributed by atoms with Crippen LogP contribution < -0.4 is 5.46 Å². The smallest absolute Gasteiger partial charge is 0.330 e. The number of rotatable bonds is 5. The Balaban J connectivity index is 1.77. The van der Waals surface area contributed by atoms with Gasteiger partial charge in [-0.25, -0.2) is 0 Å². The number of hydrogen-bond acceptors (Lipinski definition) is 2. The second-order valence-electron chi connectivity index (χ2n) is 8.62. The molecule has 2 nitrogen and oxygen atoms in total. The standard InChI is InChI=1S/C26H26BO2/c1-25(2,28)26(3,4)29-27-21-15-16-23-20(17-21)14-13-19-11-8-12-22(24(19)23)18-9-6-5-7-10-18/h5-17,28H,1-4H3. The molecule has 0 aliphatic carbocycles. The minimum atomic E-state index is -0.943. The molecule has 145 valence electrons. The van der Waals surface area contributed by atoms with E-state index in [2.05, 4.69) is 72.8 Å². The first-order valence-electron chi connectivity index (χ1n) is 10.0. The SMILES string of the molecule is CC(C)(O)C(C)(C)O[B]c1ccc2c(ccc3cccc(-c4ccccc4)c32)c1. The fourth-order valence-electron chi connectivity index (χ4n) is 3.43. The Morgan fingerprint density at radius 2 is 1.48 bits per heavy atom. The molecule has 0 aliphatic heterocycles. The first-order valence-corrected chi connectivity index (χ1v) is 10.0. The third kappa shape index (κ3) is 3.81. The van der Waals surface area contributed by atoms with E-state index < -0.39 is 11.2 Å². The number of hydrogen-bond donors (Lipinski definition) is 1. The molecule has 0 unspecified atom stereocenters. The van der Waals surface area contributed by atoms with Gasteiger partial charge in [0, 0.05) is 0 Å². The van der Waals surface area contributed by atoms with Gasteiger partial charge in [-0.05, 0) is 60.4 Å². The molecule has 4 aromatic rings. The zero-order chi connectivity index (χ0) is 20.6. The van der Waals surface area contributed by atoms with Gasteiger partial charge < -0.3 is 9.76 Å². The molecule has 29 heavy (non-hydrogen) atoms. The van der Waals surface area contributed by atoms with Crippen LogP contribution in [0.2, 0.25) is 0 Å². The van der Waals surface area contributed by atoms with Crippen molar-refractivity contribution in [3.63, 3.8) is 0 Å². The quantitative estimate of drug-likeness (QED) is 0.367. The molecule has 0 bridgehead atoms. The lowest BCUT2D eigenvalue weighted by Crippen LogP contribution is -2.49. The van der Waals surface area contributed by atoms with Crippen LogP contribution >= 0.6 is 0 Å². The van der Waals surface area contributed by atoms with Gasteiger partial charge in [0.2, 0.25) is 0 Å². The first kappa shape index (κ1) is 19.7. The van der Waals surface area contributed by atoms with E-state index in [1.165, 1.54) is 32.7 Å². The van der Waals surface area contributed by atoms with Crippen LogP contribution in [0.5, 0.6) is 0 Å². The van der Waals surface area contributed by atoms with Gasteiger partial charge in [0.1, 0.15) is 0 Å². The maximum atomic E-state index is 10.3. The van der Waals surface area contributed by atoms with Crippen molar-refractivity contribution in [3.05, 3.63) is 78.9 Å². The Hall–Kier alpha value is -2.62. The predicted molar refractivity (Wildman–Crippen MR) is 124 cm³/mol. The number of benzene rings is 4. The predicted octanol–water partition coefficient (Wildman–Crippen LogP) is 5.47. The molecule has 3 heteroatoms. The highest BCUT2D eigenvalue weighted by molar-refractivity contribution is 6.47. The molecule has 0 atom stereocenters. The van der Waals surface area contributed by atoms with Crippen LogP contribution in [0.1, 0.15) is 27.7 Å². The van der Waals surface area contributed by atoms with Crippen LogP contribution in [-0.2, 0) is 4.65 Å². The Morgan fingerprint density at radius 3 is 2.21 bits per heavy atom. The summed E-state index contributed by atoms with van der Waals surface area (Å²) >= 11 is 0. The average molecular weight is 381 g/mol. The summed E-state index contributed by atoms with van der Waals surface area (Å²) in [6, 6.07) is 27.7. The van der Waals surface area contributed by atoms with Crippen LogP contribution in [-0.4, -0.2) is 23.8 Å². The minimum absolute atomic E-state index is 0.689. The van der Waals surface area contributed by atoms with Crippen LogP contribution in [0.15, 0.2) is 78.9 Å². The van der Waals surface area contributed by atoms with Crippen molar-refractivity contribution in [2.24, 2.45) is 0 Å². The lowest BCUT2D eigenvalue weighted by Gasteiger charge is -2.37. The molecular formula is C26H26BO2. The highest BCUT2D eigenvalue weighted by atomic mass is 16.5. The van der Waals surface area contributed by atoms with Gasteiger partial charge in [-0.3, -0.25) is 0 Å². The maximum absolute atomic E-state index is 10.3. The Kier molecular flexibility index (Phi) is 4.98. The molecule has 4 rings (SSSR count). The summed E-state index contributed by atoms with van der Waals surface area (Å²) in [6.07, 6.45) is 0. The van der Waals surface area contributed by atoms with Crippen molar-refractivity contribution in [1.29, 1.82) is 0 Å². The van der Waals surface area contributed by atoms with Crippen molar-refractivity contribution in [2.75, 3.05) is 0 Å². The summed E-state index contributed by atoms with van der Waals surface area (Å²) in [6.45, 7) is 7.31. The normalized spacial score (nSPS) is 12.4. The van der Waals surface area contributed by atoms with Crippen molar-refractivity contribution >= 4 is 34.5 Å². The summed E-state index contributed by atoms with van der Waals surface area (Å²) < 4.78 is 5.93. The molecule has 0 spiro atoms. The molecular weight excluding hydrogens is 355 g/mol. The van der Waals surface area contributed by atoms with E-state index in [9.17, 15) is 5.11 Å². The molecule has 0 saturated carbocycles. The highest BCUT2D eigenvalue weighted by Crippen LogP contribution is 2.34. The average Bonchev–Trinajstić information content (AvgIpc) is 2.71. The summed E-state index contributed by atoms with van der Waals surface area (Å²) in [5, 5.41) is 15.2. The van der Waals surface area contributed by atoms with Gasteiger partial charge in [0.15, 0.2) is 0 Å². The monoisotopic (exact) mass is 381 g/mol. The van der Waals surface area contributed by atoms with Crippen LogP contribution in [0.4, 0.5) is 0 Å². The van der Waals surface area contributed by atoms with Crippen LogP contribution in [0.3, 0.4) is 0 Å². The molecule has 0 fully saturated rings. The molecule has 1 N–H and O–H groups in total. The molecule has 0 amide bonds. The number of fused-ring (bicyclic) bond motifs is 3. The zero-order valence-corrected chi connectivity index (χ0v) is 17.4. The minimum Gasteiger partial charge on any atom is -0.427 e. The van der Waals surface area contributed by atoms with Crippen LogP contribution in [0.25, 0.3) is 32.7 Å². The largest absolute Gasteiger partial charge is 0.427 e. The Labute approximate surface area is 173 Å². The van der Waals surface area contributed by atoms with E-state index in [0.717, 1.165) is 5.46 Å². The van der Waals surface area contributed by atoms with Crippen molar-refractivity contribution < 1.29 is 9.76 Å². The van der Waals surface area contributed by atoms with Gasteiger partial charge in [0.05, 0.1) is 11.2 Å². The number of aliphatic hydroxyl groups is 1. The van der Waals surface area contributed by atoms with Gasteiger partial charge in [-0.15, -0.1) is 0 Å². The second kappa shape index (κ2) is 7.33. The van der Waals surface area contributed by atoms with E-state index in [4.69, 9.17) is 4.65 Å². The van der Waals surface area contributed by atoms with E-state index >= 15 is 0 Å². The zero-order valence-electron chi connectivity index (χ0n) is 17.4. The molecule has 4 aromatic carbocycles. The van der Waals surface area contributed by atoms with Gasteiger partial charge in [0.25, 0.3) is 0 Å². The topological polar surface area (TPSA) is 29.5 Å². The summed E-state index contributed by atoms with van der Waals surface area (Å²) in [7, 11) is 1.74. The summed E-state index contributed by atoms with van der Waals surface area (Å²) in [5.74, 6) is 0. The molecule has 0 saturated heterocycles. The van der Waals surface area contributed by atoms with E-state index in [-0.39, 0.29) is 0 Å².